The summed E-state index contributed by atoms with van der Waals surface area (Å²) < 4.78 is 5.32. The molecule has 0 spiro atoms. The first-order valence-electron chi connectivity index (χ1n) is 6.99. The molecule has 5 rings (SSSR count). The van der Waals surface area contributed by atoms with E-state index in [2.05, 4.69) is 19.9 Å². The molecule has 110 valence electrons. The number of phenols is 1. The molecule has 3 saturated heterocycles. The summed E-state index contributed by atoms with van der Waals surface area (Å²) in [6.07, 6.45) is 0. The summed E-state index contributed by atoms with van der Waals surface area (Å²) in [5.74, 6) is 1.06. The Hall–Kier alpha value is -1.63. The fourth-order valence-corrected chi connectivity index (χ4v) is 3.19. The Bertz CT molecular complexity index is 667. The number of rotatable bonds is 2. The molecule has 3 aliphatic heterocycles. The number of benzene rings is 1. The van der Waals surface area contributed by atoms with Gasteiger partial charge in [0.2, 0.25) is 0 Å². The van der Waals surface area contributed by atoms with Crippen LogP contribution < -0.4 is 0 Å². The smallest absolute Gasteiger partial charge is 0.261 e. The molecule has 3 fully saturated rings. The van der Waals surface area contributed by atoms with Crippen molar-refractivity contribution in [3.8, 4) is 17.2 Å². The van der Waals surface area contributed by atoms with Gasteiger partial charge in [0.15, 0.2) is 5.82 Å². The first kappa shape index (κ1) is 13.1. The van der Waals surface area contributed by atoms with Gasteiger partial charge in [0.1, 0.15) is 5.75 Å². The maximum absolute atomic E-state index is 9.94. The molecular weight excluding hydrogens is 292 g/mol. The van der Waals surface area contributed by atoms with Crippen LogP contribution in [0.3, 0.4) is 0 Å². The lowest BCUT2D eigenvalue weighted by atomic mass is 10.1. The molecule has 7 heteroatoms. The van der Waals surface area contributed by atoms with E-state index in [4.69, 9.17) is 16.1 Å². The minimum atomic E-state index is 0.0481. The second-order valence-corrected chi connectivity index (χ2v) is 5.91. The summed E-state index contributed by atoms with van der Waals surface area (Å²) in [4.78, 5) is 9.27. The predicted molar refractivity (Wildman–Crippen MR) is 77.2 cm³/mol. The molecule has 4 heterocycles. The van der Waals surface area contributed by atoms with E-state index in [0.29, 0.717) is 22.3 Å². The van der Waals surface area contributed by atoms with Gasteiger partial charge in [-0.25, -0.2) is 0 Å². The zero-order valence-electron chi connectivity index (χ0n) is 11.4. The highest BCUT2D eigenvalue weighted by Crippen LogP contribution is 2.33. The monoisotopic (exact) mass is 306 g/mol. The van der Waals surface area contributed by atoms with E-state index in [0.717, 1.165) is 32.7 Å². The van der Waals surface area contributed by atoms with Gasteiger partial charge in [0, 0.05) is 37.7 Å². The largest absolute Gasteiger partial charge is 0.507 e. The molecule has 1 N–H and O–H groups in total. The number of nitrogens with zero attached hydrogens (tertiary/aromatic N) is 4. The van der Waals surface area contributed by atoms with Crippen molar-refractivity contribution in [1.82, 2.24) is 19.9 Å². The van der Waals surface area contributed by atoms with Gasteiger partial charge in [-0.2, -0.15) is 4.98 Å². The third kappa shape index (κ3) is 2.29. The van der Waals surface area contributed by atoms with Crippen molar-refractivity contribution in [2.45, 2.75) is 6.04 Å². The number of fused-ring (bicyclic) bond motifs is 3. The molecular formula is C14H15ClN4O2. The topological polar surface area (TPSA) is 65.6 Å². The summed E-state index contributed by atoms with van der Waals surface area (Å²) in [6.45, 7) is 5.24. The number of halogens is 1. The van der Waals surface area contributed by atoms with Gasteiger partial charge < -0.3 is 9.63 Å². The van der Waals surface area contributed by atoms with Crippen LogP contribution in [0.4, 0.5) is 0 Å². The summed E-state index contributed by atoms with van der Waals surface area (Å²) in [7, 11) is 0. The van der Waals surface area contributed by atoms with Crippen molar-refractivity contribution < 1.29 is 9.63 Å². The van der Waals surface area contributed by atoms with E-state index < -0.39 is 0 Å². The summed E-state index contributed by atoms with van der Waals surface area (Å²) >= 11 is 5.84. The Morgan fingerprint density at radius 3 is 2.71 bits per heavy atom. The van der Waals surface area contributed by atoms with Crippen LogP contribution in [0.1, 0.15) is 11.9 Å². The SMILES string of the molecule is Oc1cc(Cl)ccc1-c1nc(C2CN3CCN2CC3)no1. The molecule has 0 aliphatic carbocycles. The lowest BCUT2D eigenvalue weighted by molar-refractivity contribution is 0.00781. The van der Waals surface area contributed by atoms with E-state index in [9.17, 15) is 5.11 Å². The van der Waals surface area contributed by atoms with E-state index in [1.165, 1.54) is 6.07 Å². The average Bonchev–Trinajstić information content (AvgIpc) is 2.98. The Morgan fingerprint density at radius 1 is 1.24 bits per heavy atom. The fourth-order valence-electron chi connectivity index (χ4n) is 3.03. The van der Waals surface area contributed by atoms with Crippen molar-refractivity contribution in [3.63, 3.8) is 0 Å². The Balaban J connectivity index is 1.64. The van der Waals surface area contributed by atoms with Crippen molar-refractivity contribution in [3.05, 3.63) is 29.0 Å². The van der Waals surface area contributed by atoms with Crippen LogP contribution in [0, 0.1) is 0 Å². The molecule has 0 saturated carbocycles. The molecule has 0 amide bonds. The molecule has 1 unspecified atom stereocenters. The summed E-state index contributed by atoms with van der Waals surface area (Å²) in [5.41, 5.74) is 0.509. The molecule has 1 aromatic carbocycles. The van der Waals surface area contributed by atoms with Gasteiger partial charge in [-0.15, -0.1) is 0 Å². The average molecular weight is 307 g/mol. The molecule has 2 bridgehead atoms. The Kier molecular flexibility index (Phi) is 3.10. The number of phenolic OH excluding ortho intramolecular Hbond substituents is 1. The molecule has 1 aromatic heterocycles. The lowest BCUT2D eigenvalue weighted by Gasteiger charge is -2.46. The molecule has 21 heavy (non-hydrogen) atoms. The summed E-state index contributed by atoms with van der Waals surface area (Å²) in [6, 6.07) is 5.03. The van der Waals surface area contributed by atoms with Crippen LogP contribution >= 0.6 is 11.6 Å². The Labute approximate surface area is 126 Å². The van der Waals surface area contributed by atoms with E-state index >= 15 is 0 Å². The maximum Gasteiger partial charge on any atom is 0.261 e. The quantitative estimate of drug-likeness (QED) is 0.912. The van der Waals surface area contributed by atoms with Crippen molar-refractivity contribution in [2.24, 2.45) is 0 Å². The number of hydrogen-bond donors (Lipinski definition) is 1. The van der Waals surface area contributed by atoms with Crippen LogP contribution in [0.25, 0.3) is 11.5 Å². The van der Waals surface area contributed by atoms with E-state index in [1.54, 1.807) is 12.1 Å². The number of aromatic nitrogens is 2. The van der Waals surface area contributed by atoms with Crippen LogP contribution in [-0.4, -0.2) is 57.8 Å². The number of hydrogen-bond acceptors (Lipinski definition) is 6. The second-order valence-electron chi connectivity index (χ2n) is 5.47. The molecule has 1 atom stereocenters. The first-order chi connectivity index (χ1) is 10.2. The van der Waals surface area contributed by atoms with Gasteiger partial charge in [-0.05, 0) is 18.2 Å². The van der Waals surface area contributed by atoms with Crippen molar-refractivity contribution in [2.75, 3.05) is 32.7 Å². The Morgan fingerprint density at radius 2 is 2.05 bits per heavy atom. The zero-order valence-corrected chi connectivity index (χ0v) is 12.1. The number of aromatic hydroxyl groups is 1. The summed E-state index contributed by atoms with van der Waals surface area (Å²) in [5, 5.41) is 14.5. The predicted octanol–water partition coefficient (Wildman–Crippen LogP) is 1.77. The molecule has 6 nitrogen and oxygen atoms in total. The fraction of sp³-hybridized carbons (Fsp3) is 0.429. The van der Waals surface area contributed by atoms with Crippen LogP contribution in [0.2, 0.25) is 5.02 Å². The van der Waals surface area contributed by atoms with Crippen LogP contribution in [0.5, 0.6) is 5.75 Å². The van der Waals surface area contributed by atoms with Gasteiger partial charge in [0.25, 0.3) is 5.89 Å². The second kappa shape index (κ2) is 4.98. The van der Waals surface area contributed by atoms with Crippen molar-refractivity contribution >= 4 is 11.6 Å². The van der Waals surface area contributed by atoms with Gasteiger partial charge in [0.05, 0.1) is 11.6 Å². The highest BCUT2D eigenvalue weighted by Gasteiger charge is 2.35. The third-order valence-electron chi connectivity index (χ3n) is 4.21. The highest BCUT2D eigenvalue weighted by molar-refractivity contribution is 6.30. The molecule has 0 radical (unpaired) electrons. The van der Waals surface area contributed by atoms with Gasteiger partial charge in [-0.3, -0.25) is 9.80 Å². The maximum atomic E-state index is 9.94. The minimum absolute atomic E-state index is 0.0481. The zero-order chi connectivity index (χ0) is 14.4. The normalized spacial score (nSPS) is 28.0. The molecule has 3 aliphatic rings. The standard InChI is InChI=1S/C14H15ClN4O2/c15-9-1-2-10(12(20)7-9)14-16-13(17-21-14)11-8-18-3-5-19(11)6-4-18/h1-2,7,11,20H,3-6,8H2. The van der Waals surface area contributed by atoms with Crippen molar-refractivity contribution in [1.29, 1.82) is 0 Å². The van der Waals surface area contributed by atoms with E-state index in [-0.39, 0.29) is 11.8 Å². The highest BCUT2D eigenvalue weighted by atomic mass is 35.5. The van der Waals surface area contributed by atoms with Crippen LogP contribution in [-0.2, 0) is 0 Å². The van der Waals surface area contributed by atoms with Gasteiger partial charge in [-0.1, -0.05) is 16.8 Å². The first-order valence-corrected chi connectivity index (χ1v) is 7.37. The number of piperazine rings is 3. The van der Waals surface area contributed by atoms with E-state index in [1.807, 2.05) is 0 Å². The lowest BCUT2D eigenvalue weighted by Crippen LogP contribution is -2.57. The van der Waals surface area contributed by atoms with Crippen LogP contribution in [0.15, 0.2) is 22.7 Å². The van der Waals surface area contributed by atoms with Gasteiger partial charge >= 0.3 is 0 Å². The molecule has 2 aromatic rings. The minimum Gasteiger partial charge on any atom is -0.507 e. The third-order valence-corrected chi connectivity index (χ3v) is 4.44.